The molecule has 0 saturated carbocycles. The van der Waals surface area contributed by atoms with E-state index in [1.54, 1.807) is 6.33 Å². The van der Waals surface area contributed by atoms with Crippen LogP contribution in [0.3, 0.4) is 0 Å². The number of anilines is 2. The molecule has 0 aliphatic carbocycles. The highest BCUT2D eigenvalue weighted by Gasteiger charge is 2.29. The van der Waals surface area contributed by atoms with Crippen molar-refractivity contribution in [3.8, 4) is 0 Å². The molecule has 1 N–H and O–H groups in total. The lowest BCUT2D eigenvalue weighted by molar-refractivity contribution is 0.431. The molecule has 0 bridgehead atoms. The molecule has 3 aromatic rings. The average Bonchev–Trinajstić information content (AvgIpc) is 3.10. The molecule has 128 valence electrons. The molecule has 0 unspecified atom stereocenters. The predicted octanol–water partition coefficient (Wildman–Crippen LogP) is 3.80. The van der Waals surface area contributed by atoms with E-state index < -0.39 is 0 Å². The Kier molecular flexibility index (Phi) is 3.92. The summed E-state index contributed by atoms with van der Waals surface area (Å²) in [7, 11) is 4.12. The summed E-state index contributed by atoms with van der Waals surface area (Å²) >= 11 is 0. The van der Waals surface area contributed by atoms with Gasteiger partial charge in [-0.05, 0) is 36.6 Å². The van der Waals surface area contributed by atoms with Gasteiger partial charge in [0.25, 0.3) is 0 Å². The van der Waals surface area contributed by atoms with Crippen LogP contribution in [0.1, 0.15) is 35.2 Å². The molecular weight excluding hydrogens is 310 g/mol. The van der Waals surface area contributed by atoms with Crippen molar-refractivity contribution in [2.24, 2.45) is 0 Å². The Morgan fingerprint density at radius 2 is 1.68 bits per heavy atom. The third-order valence-electron chi connectivity index (χ3n) is 4.90. The van der Waals surface area contributed by atoms with Crippen LogP contribution in [-0.2, 0) is 0 Å². The molecule has 5 heteroatoms. The molecular formula is C20H23N5. The summed E-state index contributed by atoms with van der Waals surface area (Å²) in [6.45, 7) is 2.11. The quantitative estimate of drug-likeness (QED) is 0.792. The smallest absolute Gasteiger partial charge is 0.222 e. The number of fused-ring (bicyclic) bond motifs is 1. The first-order valence-corrected chi connectivity index (χ1v) is 8.62. The highest BCUT2D eigenvalue weighted by atomic mass is 15.4. The van der Waals surface area contributed by atoms with Gasteiger partial charge < -0.3 is 10.2 Å². The molecule has 2 heterocycles. The molecule has 4 rings (SSSR count). The van der Waals surface area contributed by atoms with Crippen molar-refractivity contribution in [1.82, 2.24) is 14.8 Å². The molecule has 2 atom stereocenters. The second-order valence-corrected chi connectivity index (χ2v) is 6.87. The van der Waals surface area contributed by atoms with Crippen LogP contribution in [0.15, 0.2) is 54.9 Å². The van der Waals surface area contributed by atoms with Crippen LogP contribution in [-0.4, -0.2) is 28.9 Å². The monoisotopic (exact) mass is 333 g/mol. The van der Waals surface area contributed by atoms with Gasteiger partial charge in [0.2, 0.25) is 5.95 Å². The minimum atomic E-state index is 0.192. The molecule has 1 aliphatic heterocycles. The number of benzene rings is 2. The van der Waals surface area contributed by atoms with Crippen LogP contribution in [0.2, 0.25) is 0 Å². The zero-order chi connectivity index (χ0) is 17.4. The van der Waals surface area contributed by atoms with Gasteiger partial charge in [0.1, 0.15) is 6.33 Å². The van der Waals surface area contributed by atoms with E-state index in [0.29, 0.717) is 0 Å². The molecule has 0 amide bonds. The van der Waals surface area contributed by atoms with E-state index in [0.717, 1.165) is 12.4 Å². The van der Waals surface area contributed by atoms with E-state index in [-0.39, 0.29) is 12.1 Å². The van der Waals surface area contributed by atoms with E-state index in [2.05, 4.69) is 89.8 Å². The normalized spacial score (nSPS) is 19.2. The van der Waals surface area contributed by atoms with Crippen molar-refractivity contribution in [2.75, 3.05) is 24.3 Å². The summed E-state index contributed by atoms with van der Waals surface area (Å²) in [4.78, 5) is 6.52. The molecule has 1 aliphatic rings. The second kappa shape index (κ2) is 6.24. The highest BCUT2D eigenvalue weighted by molar-refractivity contribution is 5.48. The van der Waals surface area contributed by atoms with Crippen LogP contribution in [0, 0.1) is 6.92 Å². The minimum absolute atomic E-state index is 0.192. The average molecular weight is 333 g/mol. The van der Waals surface area contributed by atoms with E-state index >= 15 is 0 Å². The van der Waals surface area contributed by atoms with Crippen LogP contribution < -0.4 is 10.2 Å². The van der Waals surface area contributed by atoms with Crippen LogP contribution in [0.25, 0.3) is 0 Å². The van der Waals surface area contributed by atoms with Crippen molar-refractivity contribution in [3.05, 3.63) is 71.5 Å². The Balaban J connectivity index is 1.67. The molecule has 0 saturated heterocycles. The highest BCUT2D eigenvalue weighted by Crippen LogP contribution is 2.37. The maximum atomic E-state index is 4.44. The zero-order valence-electron chi connectivity index (χ0n) is 14.8. The Morgan fingerprint density at radius 3 is 2.36 bits per heavy atom. The molecule has 1 aromatic heterocycles. The molecule has 0 spiro atoms. The van der Waals surface area contributed by atoms with Gasteiger partial charge in [-0.15, -0.1) is 0 Å². The van der Waals surface area contributed by atoms with Gasteiger partial charge in [-0.3, -0.25) is 0 Å². The van der Waals surface area contributed by atoms with Gasteiger partial charge in [0, 0.05) is 19.8 Å². The Labute approximate surface area is 148 Å². The molecule has 5 nitrogen and oxygen atoms in total. The summed E-state index contributed by atoms with van der Waals surface area (Å²) < 4.78 is 2.00. The summed E-state index contributed by atoms with van der Waals surface area (Å²) in [5.41, 5.74) is 5.02. The number of nitrogens with zero attached hydrogens (tertiary/aromatic N) is 4. The number of aryl methyl sites for hydroxylation is 1. The first-order chi connectivity index (χ1) is 12.1. The molecule has 2 aromatic carbocycles. The lowest BCUT2D eigenvalue weighted by Crippen LogP contribution is -2.28. The number of rotatable bonds is 3. The predicted molar refractivity (Wildman–Crippen MR) is 101 cm³/mol. The van der Waals surface area contributed by atoms with E-state index in [1.807, 2.05) is 4.68 Å². The fourth-order valence-electron chi connectivity index (χ4n) is 3.41. The first-order valence-electron chi connectivity index (χ1n) is 8.62. The first kappa shape index (κ1) is 15.7. The maximum absolute atomic E-state index is 4.44. The Hall–Kier alpha value is -2.82. The van der Waals surface area contributed by atoms with Gasteiger partial charge >= 0.3 is 0 Å². The van der Waals surface area contributed by atoms with Gasteiger partial charge in [-0.25, -0.2) is 4.68 Å². The largest absolute Gasteiger partial charge is 0.378 e. The van der Waals surface area contributed by atoms with Crippen LogP contribution in [0.5, 0.6) is 0 Å². The summed E-state index contributed by atoms with van der Waals surface area (Å²) in [6, 6.07) is 17.9. The van der Waals surface area contributed by atoms with E-state index in [1.165, 1.54) is 22.4 Å². The van der Waals surface area contributed by atoms with Crippen molar-refractivity contribution < 1.29 is 0 Å². The van der Waals surface area contributed by atoms with Crippen molar-refractivity contribution in [1.29, 1.82) is 0 Å². The van der Waals surface area contributed by atoms with Gasteiger partial charge in [0.05, 0.1) is 12.1 Å². The third-order valence-corrected chi connectivity index (χ3v) is 4.90. The van der Waals surface area contributed by atoms with Gasteiger partial charge in [-0.2, -0.15) is 10.1 Å². The molecule has 0 fully saturated rings. The van der Waals surface area contributed by atoms with Crippen LogP contribution in [0.4, 0.5) is 11.6 Å². The summed E-state index contributed by atoms with van der Waals surface area (Å²) in [5, 5.41) is 7.97. The summed E-state index contributed by atoms with van der Waals surface area (Å²) in [5.74, 6) is 0.832. The Morgan fingerprint density at radius 1 is 1.00 bits per heavy atom. The molecule has 0 radical (unpaired) electrons. The number of aromatic nitrogens is 3. The Bertz CT molecular complexity index is 849. The topological polar surface area (TPSA) is 46.0 Å². The van der Waals surface area contributed by atoms with E-state index in [9.17, 15) is 0 Å². The van der Waals surface area contributed by atoms with Gasteiger partial charge in [0.15, 0.2) is 0 Å². The van der Waals surface area contributed by atoms with Gasteiger partial charge in [-0.1, -0.05) is 42.0 Å². The minimum Gasteiger partial charge on any atom is -0.378 e. The third kappa shape index (κ3) is 2.97. The second-order valence-electron chi connectivity index (χ2n) is 6.87. The summed E-state index contributed by atoms with van der Waals surface area (Å²) in [6.07, 6.45) is 2.57. The van der Waals surface area contributed by atoms with Crippen molar-refractivity contribution >= 4 is 11.6 Å². The lowest BCUT2D eigenvalue weighted by Gasteiger charge is -2.32. The zero-order valence-corrected chi connectivity index (χ0v) is 14.8. The molecule has 25 heavy (non-hydrogen) atoms. The number of nitrogens with one attached hydrogen (secondary N) is 1. The standard InChI is InChI=1S/C20H23N5/c1-14-4-6-16(7-5-14)19-12-18(23-20-21-13-22-25(19)20)15-8-10-17(11-9-15)24(2)3/h4-11,13,18-19H,12H2,1-3H3,(H,21,22,23)/t18-,19+/m0/s1. The van der Waals surface area contributed by atoms with Crippen LogP contribution >= 0.6 is 0 Å². The van der Waals surface area contributed by atoms with Crippen molar-refractivity contribution in [3.63, 3.8) is 0 Å². The van der Waals surface area contributed by atoms with Crippen molar-refractivity contribution in [2.45, 2.75) is 25.4 Å². The maximum Gasteiger partial charge on any atom is 0.222 e. The lowest BCUT2D eigenvalue weighted by atomic mass is 9.93. The SMILES string of the molecule is Cc1ccc([C@H]2C[C@@H](c3ccc(N(C)C)cc3)Nc3ncnn32)cc1. The fraction of sp³-hybridized carbons (Fsp3) is 0.300. The van der Waals surface area contributed by atoms with E-state index in [4.69, 9.17) is 0 Å². The number of hydrogen-bond donors (Lipinski definition) is 1. The fourth-order valence-corrected chi connectivity index (χ4v) is 3.41. The number of hydrogen-bond acceptors (Lipinski definition) is 4.